The molecule has 5 nitrogen and oxygen atoms in total. The summed E-state index contributed by atoms with van der Waals surface area (Å²) in [6, 6.07) is 19.4. The normalized spacial score (nSPS) is 15.9. The molecule has 5 rings (SSSR count). The summed E-state index contributed by atoms with van der Waals surface area (Å²) in [5.74, 6) is 0.666. The third-order valence-corrected chi connectivity index (χ3v) is 5.61. The van der Waals surface area contributed by atoms with Gasteiger partial charge in [0.15, 0.2) is 0 Å². The van der Waals surface area contributed by atoms with Gasteiger partial charge in [0.25, 0.3) is 5.91 Å². The number of amides is 1. The Morgan fingerprint density at radius 2 is 2.03 bits per heavy atom. The number of methoxy groups -OCH3 is 1. The molecule has 0 bridgehead atoms. The third kappa shape index (κ3) is 2.95. The van der Waals surface area contributed by atoms with E-state index in [-0.39, 0.29) is 11.9 Å². The van der Waals surface area contributed by atoms with Crippen LogP contribution in [-0.4, -0.2) is 34.4 Å². The summed E-state index contributed by atoms with van der Waals surface area (Å²) in [6.45, 7) is 0.643. The summed E-state index contributed by atoms with van der Waals surface area (Å²) in [7, 11) is 1.61. The molecule has 1 amide bonds. The molecule has 1 aliphatic heterocycles. The summed E-state index contributed by atoms with van der Waals surface area (Å²) < 4.78 is 5.31. The lowest BCUT2D eigenvalue weighted by atomic mass is 9.92. The number of ether oxygens (including phenoxy) is 1. The quantitative estimate of drug-likeness (QED) is 0.572. The van der Waals surface area contributed by atoms with Crippen molar-refractivity contribution in [3.05, 3.63) is 95.4 Å². The average Bonchev–Trinajstić information content (AvgIpc) is 3.17. The van der Waals surface area contributed by atoms with Crippen LogP contribution in [0.2, 0.25) is 0 Å². The molecule has 2 aromatic carbocycles. The van der Waals surface area contributed by atoms with Crippen LogP contribution in [0.4, 0.5) is 0 Å². The number of benzene rings is 2. The molecule has 1 atom stereocenters. The highest BCUT2D eigenvalue weighted by Gasteiger charge is 2.35. The lowest BCUT2D eigenvalue weighted by Crippen LogP contribution is -2.40. The molecule has 144 valence electrons. The van der Waals surface area contributed by atoms with Gasteiger partial charge >= 0.3 is 0 Å². The van der Waals surface area contributed by atoms with Gasteiger partial charge in [-0.05, 0) is 47.9 Å². The predicted octanol–water partition coefficient (Wildman–Crippen LogP) is 4.36. The van der Waals surface area contributed by atoms with Gasteiger partial charge in [0.1, 0.15) is 5.75 Å². The second kappa shape index (κ2) is 7.09. The molecule has 29 heavy (non-hydrogen) atoms. The number of nitrogens with zero attached hydrogens (tertiary/aromatic N) is 2. The maximum atomic E-state index is 13.5. The van der Waals surface area contributed by atoms with E-state index >= 15 is 0 Å². The maximum absolute atomic E-state index is 13.5. The van der Waals surface area contributed by atoms with E-state index in [1.807, 2.05) is 47.5 Å². The summed E-state index contributed by atoms with van der Waals surface area (Å²) in [4.78, 5) is 23.3. The Hall–Kier alpha value is -3.60. The summed E-state index contributed by atoms with van der Waals surface area (Å²) in [5.41, 5.74) is 5.07. The zero-order valence-electron chi connectivity index (χ0n) is 16.1. The molecule has 1 aliphatic rings. The number of hydrogen-bond acceptors (Lipinski definition) is 3. The third-order valence-electron chi connectivity index (χ3n) is 5.61. The van der Waals surface area contributed by atoms with Crippen molar-refractivity contribution < 1.29 is 9.53 Å². The van der Waals surface area contributed by atoms with Crippen LogP contribution in [0.15, 0.2) is 73.1 Å². The zero-order valence-corrected chi connectivity index (χ0v) is 16.1. The van der Waals surface area contributed by atoms with E-state index in [2.05, 4.69) is 28.2 Å². The molecule has 0 unspecified atom stereocenters. The van der Waals surface area contributed by atoms with Gasteiger partial charge < -0.3 is 14.6 Å². The standard InChI is InChI=1S/C24H21N3O2/c1-29-18-8-4-6-16(14-18)24(28)27-13-11-20-19-9-2-3-10-21(19)26-22(20)23(27)17-7-5-12-25-15-17/h2-10,12,14-15,23,26H,11,13H2,1H3/t23-/m1/s1. The van der Waals surface area contributed by atoms with Gasteiger partial charge in [-0.3, -0.25) is 9.78 Å². The van der Waals surface area contributed by atoms with E-state index in [9.17, 15) is 4.79 Å². The molecule has 3 heterocycles. The largest absolute Gasteiger partial charge is 0.497 e. The van der Waals surface area contributed by atoms with Gasteiger partial charge in [-0.15, -0.1) is 0 Å². The molecule has 0 aliphatic carbocycles. The van der Waals surface area contributed by atoms with Crippen molar-refractivity contribution in [1.29, 1.82) is 0 Å². The van der Waals surface area contributed by atoms with Crippen LogP contribution in [0.25, 0.3) is 10.9 Å². The van der Waals surface area contributed by atoms with Crippen LogP contribution >= 0.6 is 0 Å². The first kappa shape index (κ1) is 17.5. The Morgan fingerprint density at radius 3 is 2.86 bits per heavy atom. The number of aromatic nitrogens is 2. The Balaban J connectivity index is 1.64. The predicted molar refractivity (Wildman–Crippen MR) is 112 cm³/mol. The number of carbonyl (C=O) groups excluding carboxylic acids is 1. The average molecular weight is 383 g/mol. The van der Waals surface area contributed by atoms with Crippen molar-refractivity contribution in [3.8, 4) is 5.75 Å². The van der Waals surface area contributed by atoms with Crippen molar-refractivity contribution in [2.24, 2.45) is 0 Å². The van der Waals surface area contributed by atoms with Crippen molar-refractivity contribution in [2.75, 3.05) is 13.7 Å². The Labute approximate surface area is 169 Å². The first-order valence-corrected chi connectivity index (χ1v) is 9.70. The second-order valence-corrected chi connectivity index (χ2v) is 7.23. The molecular weight excluding hydrogens is 362 g/mol. The first-order chi connectivity index (χ1) is 14.3. The van der Waals surface area contributed by atoms with Gasteiger partial charge in [-0.1, -0.05) is 30.3 Å². The fourth-order valence-corrected chi connectivity index (χ4v) is 4.27. The number of para-hydroxylation sites is 1. The number of rotatable bonds is 3. The molecule has 0 spiro atoms. The molecule has 0 fully saturated rings. The van der Waals surface area contributed by atoms with Gasteiger partial charge in [-0.2, -0.15) is 0 Å². The molecule has 0 radical (unpaired) electrons. The summed E-state index contributed by atoms with van der Waals surface area (Å²) in [6.07, 6.45) is 4.41. The highest BCUT2D eigenvalue weighted by Crippen LogP contribution is 2.38. The van der Waals surface area contributed by atoms with Gasteiger partial charge in [0.2, 0.25) is 0 Å². The number of hydrogen-bond donors (Lipinski definition) is 1. The van der Waals surface area contributed by atoms with Gasteiger partial charge in [0, 0.05) is 41.1 Å². The van der Waals surface area contributed by atoms with Crippen LogP contribution in [-0.2, 0) is 6.42 Å². The lowest BCUT2D eigenvalue weighted by molar-refractivity contribution is 0.0691. The Bertz CT molecular complexity index is 1180. The maximum Gasteiger partial charge on any atom is 0.254 e. The van der Waals surface area contributed by atoms with Crippen LogP contribution in [0.3, 0.4) is 0 Å². The topological polar surface area (TPSA) is 58.2 Å². The number of H-pyrrole nitrogens is 1. The minimum absolute atomic E-state index is 0.0120. The fraction of sp³-hybridized carbons (Fsp3) is 0.167. The molecular formula is C24H21N3O2. The Morgan fingerprint density at radius 1 is 1.14 bits per heavy atom. The van der Waals surface area contributed by atoms with Crippen molar-refractivity contribution in [2.45, 2.75) is 12.5 Å². The summed E-state index contributed by atoms with van der Waals surface area (Å²) in [5, 5.41) is 1.23. The lowest BCUT2D eigenvalue weighted by Gasteiger charge is -2.36. The van der Waals surface area contributed by atoms with Crippen molar-refractivity contribution in [1.82, 2.24) is 14.9 Å². The highest BCUT2D eigenvalue weighted by molar-refractivity contribution is 5.96. The number of aromatic amines is 1. The van der Waals surface area contributed by atoms with E-state index in [0.29, 0.717) is 17.9 Å². The smallest absolute Gasteiger partial charge is 0.254 e. The highest BCUT2D eigenvalue weighted by atomic mass is 16.5. The molecule has 1 N–H and O–H groups in total. The molecule has 5 heteroatoms. The van der Waals surface area contributed by atoms with Gasteiger partial charge in [0.05, 0.1) is 13.2 Å². The first-order valence-electron chi connectivity index (χ1n) is 9.70. The number of fused-ring (bicyclic) bond motifs is 3. The number of carbonyl (C=O) groups is 1. The minimum atomic E-state index is -0.210. The van der Waals surface area contributed by atoms with Crippen LogP contribution in [0, 0.1) is 0 Å². The SMILES string of the molecule is COc1cccc(C(=O)N2CCc3c([nH]c4ccccc34)[C@H]2c2cccnc2)c1. The van der Waals surface area contributed by atoms with E-state index in [0.717, 1.165) is 23.2 Å². The molecule has 2 aromatic heterocycles. The minimum Gasteiger partial charge on any atom is -0.497 e. The van der Waals surface area contributed by atoms with E-state index in [1.54, 1.807) is 19.4 Å². The number of pyridine rings is 1. The van der Waals surface area contributed by atoms with Crippen molar-refractivity contribution in [3.63, 3.8) is 0 Å². The second-order valence-electron chi connectivity index (χ2n) is 7.23. The Kier molecular flexibility index (Phi) is 4.28. The monoisotopic (exact) mass is 383 g/mol. The molecule has 0 saturated carbocycles. The van der Waals surface area contributed by atoms with E-state index < -0.39 is 0 Å². The van der Waals surface area contributed by atoms with E-state index in [4.69, 9.17) is 4.74 Å². The van der Waals surface area contributed by atoms with Gasteiger partial charge in [-0.25, -0.2) is 0 Å². The molecule has 0 saturated heterocycles. The van der Waals surface area contributed by atoms with Crippen LogP contribution in [0.1, 0.15) is 33.2 Å². The fourth-order valence-electron chi connectivity index (χ4n) is 4.27. The molecule has 4 aromatic rings. The zero-order chi connectivity index (χ0) is 19.8. The summed E-state index contributed by atoms with van der Waals surface area (Å²) >= 11 is 0. The number of nitrogens with one attached hydrogen (secondary N) is 1. The van der Waals surface area contributed by atoms with E-state index in [1.165, 1.54) is 10.9 Å². The van der Waals surface area contributed by atoms with Crippen LogP contribution < -0.4 is 4.74 Å². The van der Waals surface area contributed by atoms with Crippen LogP contribution in [0.5, 0.6) is 5.75 Å². The van der Waals surface area contributed by atoms with Crippen molar-refractivity contribution >= 4 is 16.8 Å².